The van der Waals surface area contributed by atoms with E-state index < -0.39 is 6.04 Å². The average molecular weight is 356 g/mol. The van der Waals surface area contributed by atoms with Crippen LogP contribution in [0.1, 0.15) is 73.1 Å². The lowest BCUT2D eigenvalue weighted by molar-refractivity contribution is -0.122. The van der Waals surface area contributed by atoms with E-state index in [0.717, 1.165) is 49.9 Å². The largest absolute Gasteiger partial charge is 0.354 e. The first-order valence-corrected chi connectivity index (χ1v) is 9.55. The number of amides is 2. The molecule has 138 valence electrons. The van der Waals surface area contributed by atoms with Gasteiger partial charge in [0.15, 0.2) is 0 Å². The number of hydrogen-bond acceptors (Lipinski definition) is 5. The van der Waals surface area contributed by atoms with Crippen molar-refractivity contribution in [2.45, 2.75) is 63.8 Å². The van der Waals surface area contributed by atoms with Gasteiger partial charge in [-0.2, -0.15) is 0 Å². The second-order valence-electron chi connectivity index (χ2n) is 7.24. The van der Waals surface area contributed by atoms with Crippen LogP contribution in [0.4, 0.5) is 0 Å². The predicted molar refractivity (Wildman–Crippen MR) is 95.9 cm³/mol. The van der Waals surface area contributed by atoms with Gasteiger partial charge in [0.05, 0.1) is 16.6 Å². The number of nitrogens with one attached hydrogen (secondary N) is 2. The number of pyridine rings is 1. The van der Waals surface area contributed by atoms with Crippen LogP contribution >= 0.6 is 0 Å². The Kier molecular flexibility index (Phi) is 4.61. The summed E-state index contributed by atoms with van der Waals surface area (Å²) >= 11 is 0. The van der Waals surface area contributed by atoms with E-state index in [0.29, 0.717) is 35.5 Å². The predicted octanol–water partition coefficient (Wildman–Crippen LogP) is 2.45. The molecule has 2 N–H and O–H groups in total. The summed E-state index contributed by atoms with van der Waals surface area (Å²) in [4.78, 5) is 29.8. The lowest BCUT2D eigenvalue weighted by Crippen LogP contribution is -2.45. The molecule has 0 bridgehead atoms. The number of rotatable bonds is 5. The van der Waals surface area contributed by atoms with Crippen molar-refractivity contribution in [2.24, 2.45) is 0 Å². The first-order valence-electron chi connectivity index (χ1n) is 9.55. The van der Waals surface area contributed by atoms with Gasteiger partial charge in [-0.3, -0.25) is 9.59 Å². The van der Waals surface area contributed by atoms with Gasteiger partial charge in [-0.25, -0.2) is 4.98 Å². The Morgan fingerprint density at radius 2 is 2.19 bits per heavy atom. The Bertz CT molecular complexity index is 841. The van der Waals surface area contributed by atoms with E-state index in [1.54, 1.807) is 0 Å². The summed E-state index contributed by atoms with van der Waals surface area (Å²) in [7, 11) is 0. The van der Waals surface area contributed by atoms with Crippen molar-refractivity contribution >= 4 is 22.9 Å². The average Bonchev–Trinajstić information content (AvgIpc) is 3.43. The number of nitrogens with zero attached hydrogens (tertiary/aromatic N) is 2. The van der Waals surface area contributed by atoms with Crippen LogP contribution in [0.15, 0.2) is 10.6 Å². The van der Waals surface area contributed by atoms with Crippen molar-refractivity contribution in [3.63, 3.8) is 0 Å². The molecule has 2 aliphatic rings. The molecular formula is C19H24N4O3. The fourth-order valence-corrected chi connectivity index (χ4v) is 3.52. The monoisotopic (exact) mass is 356 g/mol. The summed E-state index contributed by atoms with van der Waals surface area (Å²) < 4.78 is 5.42. The van der Waals surface area contributed by atoms with Crippen LogP contribution in [-0.2, 0) is 11.2 Å². The van der Waals surface area contributed by atoms with Gasteiger partial charge < -0.3 is 15.2 Å². The molecule has 2 aromatic rings. The zero-order chi connectivity index (χ0) is 18.1. The van der Waals surface area contributed by atoms with E-state index in [9.17, 15) is 9.59 Å². The SMILES string of the molecule is CCCc1noc2nc(C3CC3)cc(C(=O)NC3CCCCNC3=O)c12. The topological polar surface area (TPSA) is 97.1 Å². The molecule has 0 spiro atoms. The molecule has 3 heterocycles. The van der Waals surface area contributed by atoms with Crippen molar-refractivity contribution in [1.29, 1.82) is 0 Å². The summed E-state index contributed by atoms with van der Waals surface area (Å²) in [6, 6.07) is 1.37. The van der Waals surface area contributed by atoms with Crippen LogP contribution in [-0.4, -0.2) is 34.5 Å². The lowest BCUT2D eigenvalue weighted by atomic mass is 10.0. The van der Waals surface area contributed by atoms with E-state index in [1.807, 2.05) is 6.07 Å². The zero-order valence-electron chi connectivity index (χ0n) is 15.0. The number of fused-ring (bicyclic) bond motifs is 1. The Morgan fingerprint density at radius 3 is 2.96 bits per heavy atom. The summed E-state index contributed by atoms with van der Waals surface area (Å²) in [5, 5.41) is 10.6. The molecular weight excluding hydrogens is 332 g/mol. The molecule has 1 aliphatic carbocycles. The Hall–Kier alpha value is -2.44. The van der Waals surface area contributed by atoms with Crippen LogP contribution < -0.4 is 10.6 Å². The van der Waals surface area contributed by atoms with Crippen molar-refractivity contribution in [3.8, 4) is 0 Å². The van der Waals surface area contributed by atoms with Crippen molar-refractivity contribution < 1.29 is 14.1 Å². The summed E-state index contributed by atoms with van der Waals surface area (Å²) in [6.45, 7) is 2.73. The highest BCUT2D eigenvalue weighted by atomic mass is 16.5. The van der Waals surface area contributed by atoms with E-state index in [4.69, 9.17) is 4.52 Å². The quantitative estimate of drug-likeness (QED) is 0.858. The van der Waals surface area contributed by atoms with Crippen LogP contribution in [0.5, 0.6) is 0 Å². The molecule has 1 saturated carbocycles. The molecule has 2 fully saturated rings. The summed E-state index contributed by atoms with van der Waals surface area (Å²) in [5.74, 6) is 0.0384. The third-order valence-electron chi connectivity index (χ3n) is 5.10. The van der Waals surface area contributed by atoms with Gasteiger partial charge in [0.1, 0.15) is 6.04 Å². The maximum atomic E-state index is 13.0. The second kappa shape index (κ2) is 7.05. The third-order valence-corrected chi connectivity index (χ3v) is 5.10. The van der Waals surface area contributed by atoms with Gasteiger partial charge >= 0.3 is 0 Å². The molecule has 4 rings (SSSR count). The first kappa shape index (κ1) is 17.0. The highest BCUT2D eigenvalue weighted by molar-refractivity contribution is 6.07. The molecule has 0 radical (unpaired) electrons. The van der Waals surface area contributed by atoms with E-state index >= 15 is 0 Å². The molecule has 1 aliphatic heterocycles. The Morgan fingerprint density at radius 1 is 1.35 bits per heavy atom. The maximum Gasteiger partial charge on any atom is 0.259 e. The zero-order valence-corrected chi connectivity index (χ0v) is 15.0. The molecule has 2 amide bonds. The van der Waals surface area contributed by atoms with Crippen LogP contribution in [0.3, 0.4) is 0 Å². The number of carbonyl (C=O) groups excluding carboxylic acids is 2. The van der Waals surface area contributed by atoms with Crippen LogP contribution in [0.2, 0.25) is 0 Å². The number of aromatic nitrogens is 2. The fourth-order valence-electron chi connectivity index (χ4n) is 3.52. The molecule has 26 heavy (non-hydrogen) atoms. The number of aryl methyl sites for hydroxylation is 1. The van der Waals surface area contributed by atoms with E-state index in [-0.39, 0.29) is 11.8 Å². The Labute approximate surface area is 151 Å². The minimum atomic E-state index is -0.493. The van der Waals surface area contributed by atoms with Gasteiger partial charge in [0.25, 0.3) is 11.6 Å². The maximum absolute atomic E-state index is 13.0. The molecule has 1 atom stereocenters. The summed E-state index contributed by atoms with van der Waals surface area (Å²) in [6.07, 6.45) is 6.31. The standard InChI is InChI=1S/C19H24N4O3/c1-2-5-13-16-12(10-15(11-7-8-11)22-19(16)26-23-13)17(24)21-14-6-3-4-9-20-18(14)25/h10-11,14H,2-9H2,1H3,(H,20,25)(H,21,24). The van der Waals surface area contributed by atoms with E-state index in [2.05, 4.69) is 27.7 Å². The fraction of sp³-hybridized carbons (Fsp3) is 0.579. The molecule has 0 aromatic carbocycles. The van der Waals surface area contributed by atoms with Gasteiger partial charge in [0.2, 0.25) is 5.91 Å². The van der Waals surface area contributed by atoms with Crippen molar-refractivity contribution in [1.82, 2.24) is 20.8 Å². The number of carbonyl (C=O) groups is 2. The number of hydrogen-bond donors (Lipinski definition) is 2. The lowest BCUT2D eigenvalue weighted by Gasteiger charge is -2.16. The summed E-state index contributed by atoms with van der Waals surface area (Å²) in [5.41, 5.74) is 2.59. The van der Waals surface area contributed by atoms with Crippen molar-refractivity contribution in [2.75, 3.05) is 6.54 Å². The van der Waals surface area contributed by atoms with Crippen LogP contribution in [0.25, 0.3) is 11.1 Å². The van der Waals surface area contributed by atoms with Gasteiger partial charge in [-0.1, -0.05) is 18.5 Å². The van der Waals surface area contributed by atoms with Gasteiger partial charge in [0, 0.05) is 18.2 Å². The smallest absolute Gasteiger partial charge is 0.259 e. The minimum Gasteiger partial charge on any atom is -0.354 e. The molecule has 7 nitrogen and oxygen atoms in total. The van der Waals surface area contributed by atoms with Crippen LogP contribution in [0, 0.1) is 0 Å². The Balaban J connectivity index is 1.69. The molecule has 1 unspecified atom stereocenters. The van der Waals surface area contributed by atoms with E-state index in [1.165, 1.54) is 0 Å². The first-order chi connectivity index (χ1) is 12.7. The highest BCUT2D eigenvalue weighted by Crippen LogP contribution is 2.40. The normalized spacial score (nSPS) is 20.7. The van der Waals surface area contributed by atoms with Gasteiger partial charge in [-0.15, -0.1) is 0 Å². The highest BCUT2D eigenvalue weighted by Gasteiger charge is 2.30. The molecule has 7 heteroatoms. The third kappa shape index (κ3) is 3.30. The minimum absolute atomic E-state index is 0.109. The van der Waals surface area contributed by atoms with Gasteiger partial charge in [-0.05, 0) is 44.6 Å². The molecule has 2 aromatic heterocycles. The molecule has 1 saturated heterocycles. The van der Waals surface area contributed by atoms with Crippen molar-refractivity contribution in [3.05, 3.63) is 23.0 Å². The second-order valence-corrected chi connectivity index (χ2v) is 7.24.